The largest absolute Gasteiger partial charge is 0.386 e. The Kier molecular flexibility index (Phi) is 4.81. The van der Waals surface area contributed by atoms with Crippen LogP contribution in [0.15, 0.2) is 46.9 Å². The Bertz CT molecular complexity index is 568. The van der Waals surface area contributed by atoms with Crippen LogP contribution in [0.25, 0.3) is 0 Å². The van der Waals surface area contributed by atoms with Crippen LogP contribution in [0.4, 0.5) is 0 Å². The van der Waals surface area contributed by atoms with Gasteiger partial charge in [0.05, 0.1) is 17.1 Å². The number of hydrogen-bond acceptors (Lipinski definition) is 2. The molecule has 1 aliphatic carbocycles. The molecule has 0 atom stereocenters. The minimum Gasteiger partial charge on any atom is -0.386 e. The number of aromatic amines is 1. The molecule has 1 aliphatic heterocycles. The first kappa shape index (κ1) is 15.1. The van der Waals surface area contributed by atoms with Crippen molar-refractivity contribution < 1.29 is 0 Å². The van der Waals surface area contributed by atoms with E-state index in [1.54, 1.807) is 0 Å². The van der Waals surface area contributed by atoms with Gasteiger partial charge in [0, 0.05) is 18.4 Å². The highest BCUT2D eigenvalue weighted by atomic mass is 14.9. The first-order valence-electron chi connectivity index (χ1n) is 8.64. The Hall–Kier alpha value is -1.77. The summed E-state index contributed by atoms with van der Waals surface area (Å²) in [7, 11) is 0. The van der Waals surface area contributed by atoms with E-state index >= 15 is 0 Å². The van der Waals surface area contributed by atoms with Crippen molar-refractivity contribution in [2.75, 3.05) is 0 Å². The summed E-state index contributed by atoms with van der Waals surface area (Å²) in [6.45, 7) is 4.46. The number of aromatic nitrogens is 1. The van der Waals surface area contributed by atoms with Crippen molar-refractivity contribution in [3.05, 3.63) is 47.6 Å². The van der Waals surface area contributed by atoms with Gasteiger partial charge in [-0.15, -0.1) is 0 Å². The fraction of sp³-hybridized carbons (Fsp3) is 0.526. The fourth-order valence-electron chi connectivity index (χ4n) is 3.31. The summed E-state index contributed by atoms with van der Waals surface area (Å²) in [6, 6.07) is 4.74. The average molecular weight is 297 g/mol. The van der Waals surface area contributed by atoms with Crippen LogP contribution in [-0.4, -0.2) is 16.7 Å². The van der Waals surface area contributed by atoms with E-state index in [-0.39, 0.29) is 0 Å². The Balaban J connectivity index is 1.74. The van der Waals surface area contributed by atoms with E-state index in [9.17, 15) is 0 Å². The summed E-state index contributed by atoms with van der Waals surface area (Å²) < 4.78 is 0. The van der Waals surface area contributed by atoms with E-state index in [0.717, 1.165) is 17.1 Å². The molecule has 0 spiro atoms. The topological polar surface area (TPSA) is 40.2 Å². The van der Waals surface area contributed by atoms with Crippen molar-refractivity contribution >= 4 is 5.71 Å². The second kappa shape index (κ2) is 6.99. The standard InChI is InChI=1S/C19H27N3/c1-14(2)17-12-16(22-19(17)18-10-7-11-20-18)13-21-15-8-5-3-4-6-9-15/h7,10-15,20-21H,3-6,8-9H2,1-2H3/b16-13+. The molecule has 1 aromatic rings. The van der Waals surface area contributed by atoms with Gasteiger partial charge in [-0.3, -0.25) is 0 Å². The van der Waals surface area contributed by atoms with Gasteiger partial charge in [0.1, 0.15) is 0 Å². The normalized spacial score (nSPS) is 21.9. The second-order valence-corrected chi connectivity index (χ2v) is 6.72. The first-order chi connectivity index (χ1) is 10.7. The number of H-pyrrole nitrogens is 1. The molecule has 3 rings (SSSR count). The van der Waals surface area contributed by atoms with E-state index in [2.05, 4.69) is 42.5 Å². The molecule has 1 fully saturated rings. The Morgan fingerprint density at radius 1 is 1.23 bits per heavy atom. The smallest absolute Gasteiger partial charge is 0.0907 e. The molecule has 1 aromatic heterocycles. The summed E-state index contributed by atoms with van der Waals surface area (Å²) >= 11 is 0. The van der Waals surface area contributed by atoms with Gasteiger partial charge >= 0.3 is 0 Å². The van der Waals surface area contributed by atoms with Gasteiger partial charge in [0.2, 0.25) is 0 Å². The lowest BCUT2D eigenvalue weighted by Crippen LogP contribution is -2.23. The quantitative estimate of drug-likeness (QED) is 0.786. The Labute approximate surface area is 133 Å². The Morgan fingerprint density at radius 2 is 2.00 bits per heavy atom. The van der Waals surface area contributed by atoms with Crippen molar-refractivity contribution in [1.82, 2.24) is 10.3 Å². The summed E-state index contributed by atoms with van der Waals surface area (Å²) in [4.78, 5) is 8.11. The van der Waals surface area contributed by atoms with Crippen molar-refractivity contribution in [2.24, 2.45) is 10.9 Å². The van der Waals surface area contributed by atoms with Gasteiger partial charge in [-0.1, -0.05) is 39.5 Å². The third-order valence-corrected chi connectivity index (χ3v) is 4.61. The van der Waals surface area contributed by atoms with E-state index in [0.29, 0.717) is 12.0 Å². The molecule has 0 radical (unpaired) electrons. The van der Waals surface area contributed by atoms with Crippen molar-refractivity contribution in [1.29, 1.82) is 0 Å². The Morgan fingerprint density at radius 3 is 2.64 bits per heavy atom. The van der Waals surface area contributed by atoms with Crippen molar-refractivity contribution in [3.63, 3.8) is 0 Å². The van der Waals surface area contributed by atoms with Crippen LogP contribution in [0, 0.1) is 5.92 Å². The molecule has 0 bridgehead atoms. The van der Waals surface area contributed by atoms with Crippen LogP contribution in [-0.2, 0) is 0 Å². The molecule has 0 unspecified atom stereocenters. The lowest BCUT2D eigenvalue weighted by atomic mass is 9.97. The van der Waals surface area contributed by atoms with Crippen LogP contribution in [0.1, 0.15) is 58.1 Å². The minimum atomic E-state index is 0.478. The minimum absolute atomic E-state index is 0.478. The van der Waals surface area contributed by atoms with Gasteiger partial charge in [0.25, 0.3) is 0 Å². The zero-order chi connectivity index (χ0) is 15.4. The van der Waals surface area contributed by atoms with Crippen LogP contribution >= 0.6 is 0 Å². The summed E-state index contributed by atoms with van der Waals surface area (Å²) in [5.41, 5.74) is 4.57. The maximum atomic E-state index is 4.83. The van der Waals surface area contributed by atoms with E-state index in [4.69, 9.17) is 4.99 Å². The fourth-order valence-corrected chi connectivity index (χ4v) is 3.31. The highest BCUT2D eigenvalue weighted by Crippen LogP contribution is 2.26. The predicted octanol–water partition coefficient (Wildman–Crippen LogP) is 4.55. The molecule has 1 saturated carbocycles. The van der Waals surface area contributed by atoms with Gasteiger partial charge in [-0.05, 0) is 42.5 Å². The summed E-state index contributed by atoms with van der Waals surface area (Å²) in [6.07, 6.45) is 14.4. The number of allylic oxidation sites excluding steroid dienone is 2. The molecule has 22 heavy (non-hydrogen) atoms. The molecule has 0 saturated heterocycles. The van der Waals surface area contributed by atoms with Crippen molar-refractivity contribution in [3.8, 4) is 0 Å². The summed E-state index contributed by atoms with van der Waals surface area (Å²) in [5, 5.41) is 3.60. The monoisotopic (exact) mass is 297 g/mol. The van der Waals surface area contributed by atoms with Crippen LogP contribution in [0.2, 0.25) is 0 Å². The van der Waals surface area contributed by atoms with Gasteiger partial charge < -0.3 is 10.3 Å². The van der Waals surface area contributed by atoms with Gasteiger partial charge in [-0.2, -0.15) is 0 Å². The van der Waals surface area contributed by atoms with Crippen LogP contribution in [0.3, 0.4) is 0 Å². The second-order valence-electron chi connectivity index (χ2n) is 6.72. The third-order valence-electron chi connectivity index (χ3n) is 4.61. The third kappa shape index (κ3) is 3.52. The SMILES string of the molecule is CC(C)C1=C/C(=C\NC2CCCCCC2)N=C1c1ccc[nH]1. The molecule has 0 aromatic carbocycles. The number of nitrogens with zero attached hydrogens (tertiary/aromatic N) is 1. The molecular formula is C19H27N3. The molecule has 3 nitrogen and oxygen atoms in total. The van der Waals surface area contributed by atoms with Crippen LogP contribution in [0.5, 0.6) is 0 Å². The molecular weight excluding hydrogens is 270 g/mol. The molecule has 2 N–H and O–H groups in total. The van der Waals surface area contributed by atoms with Crippen molar-refractivity contribution in [2.45, 2.75) is 58.4 Å². The van der Waals surface area contributed by atoms with E-state index in [1.807, 2.05) is 12.3 Å². The summed E-state index contributed by atoms with van der Waals surface area (Å²) in [5.74, 6) is 0.478. The molecule has 2 heterocycles. The average Bonchev–Trinajstić information content (AvgIpc) is 3.10. The van der Waals surface area contributed by atoms with E-state index < -0.39 is 0 Å². The van der Waals surface area contributed by atoms with Gasteiger partial charge in [-0.25, -0.2) is 4.99 Å². The highest BCUT2D eigenvalue weighted by Gasteiger charge is 2.20. The predicted molar refractivity (Wildman–Crippen MR) is 93.0 cm³/mol. The maximum Gasteiger partial charge on any atom is 0.0907 e. The number of nitrogens with one attached hydrogen (secondary N) is 2. The molecule has 0 amide bonds. The van der Waals surface area contributed by atoms with Gasteiger partial charge in [0.15, 0.2) is 0 Å². The maximum absolute atomic E-state index is 4.83. The lowest BCUT2D eigenvalue weighted by Gasteiger charge is -2.14. The van der Waals surface area contributed by atoms with Crippen LogP contribution < -0.4 is 5.32 Å². The highest BCUT2D eigenvalue weighted by molar-refractivity contribution is 6.14. The molecule has 2 aliphatic rings. The molecule has 118 valence electrons. The number of rotatable bonds is 4. The molecule has 3 heteroatoms. The number of hydrogen-bond donors (Lipinski definition) is 2. The zero-order valence-corrected chi connectivity index (χ0v) is 13.7. The first-order valence-corrected chi connectivity index (χ1v) is 8.64. The van der Waals surface area contributed by atoms with E-state index in [1.165, 1.54) is 44.1 Å². The zero-order valence-electron chi connectivity index (χ0n) is 13.7. The number of aliphatic imine (C=N–C) groups is 1. The lowest BCUT2D eigenvalue weighted by molar-refractivity contribution is 0.515.